The molecule has 2 aromatic rings. The second-order valence-electron chi connectivity index (χ2n) is 18.5. The van der Waals surface area contributed by atoms with Gasteiger partial charge in [0.1, 0.15) is 5.75 Å². The number of aliphatic carboxylic acids is 1. The van der Waals surface area contributed by atoms with Crippen LogP contribution in [0.25, 0.3) is 0 Å². The van der Waals surface area contributed by atoms with Gasteiger partial charge in [0.15, 0.2) is 0 Å². The highest BCUT2D eigenvalue weighted by molar-refractivity contribution is 5.67. The third-order valence-electron chi connectivity index (χ3n) is 14.1. The summed E-state index contributed by atoms with van der Waals surface area (Å²) >= 11 is 0. The van der Waals surface area contributed by atoms with Gasteiger partial charge >= 0.3 is 5.97 Å². The highest BCUT2D eigenvalue weighted by atomic mass is 16.4. The molecule has 0 radical (unpaired) electrons. The molecule has 2 fully saturated rings. The van der Waals surface area contributed by atoms with Crippen LogP contribution in [0.1, 0.15) is 147 Å². The summed E-state index contributed by atoms with van der Waals surface area (Å²) < 4.78 is 0. The summed E-state index contributed by atoms with van der Waals surface area (Å²) in [6.45, 7) is 5.66. The van der Waals surface area contributed by atoms with Gasteiger partial charge in [-0.25, -0.2) is 0 Å². The lowest BCUT2D eigenvalue weighted by Crippen LogP contribution is -2.62. The molecule has 0 bridgehead atoms. The number of hydrogen-bond donors (Lipinski definition) is 9. The minimum absolute atomic E-state index is 0.00610. The lowest BCUT2D eigenvalue weighted by atomic mass is 9.63. The Hall–Kier alpha value is -3.53. The van der Waals surface area contributed by atoms with E-state index in [4.69, 9.17) is 0 Å². The fourth-order valence-corrected chi connectivity index (χ4v) is 10.5. The zero-order chi connectivity index (χ0) is 44.0. The van der Waals surface area contributed by atoms with Crippen molar-refractivity contribution in [3.8, 4) is 17.6 Å². The number of hydrogen-bond acceptors (Lipinski definition) is 9. The number of benzene rings is 2. The molecule has 2 heterocycles. The van der Waals surface area contributed by atoms with Gasteiger partial charge in [-0.3, -0.25) is 4.79 Å². The summed E-state index contributed by atoms with van der Waals surface area (Å²) in [5.74, 6) is 6.28. The molecule has 10 nitrogen and oxygen atoms in total. The van der Waals surface area contributed by atoms with Crippen LogP contribution in [0.5, 0.6) is 5.75 Å². The maximum atomic E-state index is 13.3. The number of carbonyl (C=O) groups is 1. The van der Waals surface area contributed by atoms with Crippen LogP contribution >= 0.6 is 0 Å². The molecule has 1 saturated heterocycles. The summed E-state index contributed by atoms with van der Waals surface area (Å²) in [4.78, 5) is 12.0. The smallest absolute Gasteiger partial charge is 0.303 e. The van der Waals surface area contributed by atoms with Crippen LogP contribution in [-0.2, 0) is 16.6 Å². The average Bonchev–Trinajstić information content (AvgIpc) is 3.69. The van der Waals surface area contributed by atoms with E-state index in [0.717, 1.165) is 92.0 Å². The van der Waals surface area contributed by atoms with Gasteiger partial charge < -0.3 is 46.4 Å². The first-order valence-electron chi connectivity index (χ1n) is 23.2. The first-order chi connectivity index (χ1) is 29.3. The van der Waals surface area contributed by atoms with Crippen LogP contribution in [0.4, 0.5) is 0 Å². The molecule has 0 amide bonds. The minimum atomic E-state index is -1.35. The fourth-order valence-electron chi connectivity index (χ4n) is 10.5. The molecule has 2 aromatic carbocycles. The average molecular weight is 843 g/mol. The van der Waals surface area contributed by atoms with Crippen molar-refractivity contribution >= 4 is 5.97 Å². The molecule has 9 unspecified atom stereocenters. The largest absolute Gasteiger partial charge is 0.508 e. The van der Waals surface area contributed by atoms with E-state index in [1.807, 2.05) is 50.3 Å². The lowest BCUT2D eigenvalue weighted by molar-refractivity contribution is -0.138. The van der Waals surface area contributed by atoms with Gasteiger partial charge in [0.05, 0.1) is 30.5 Å². The van der Waals surface area contributed by atoms with Gasteiger partial charge in [-0.05, 0) is 124 Å². The van der Waals surface area contributed by atoms with Crippen LogP contribution in [0, 0.1) is 17.8 Å². The second-order valence-corrected chi connectivity index (χ2v) is 18.5. The predicted octanol–water partition coefficient (Wildman–Crippen LogP) is 6.97. The number of carboxylic acids is 1. The van der Waals surface area contributed by atoms with E-state index in [-0.39, 0.29) is 36.6 Å². The number of aromatic hydroxyl groups is 1. The SMILES string of the molecule is CCCCC(O)C(O)C=CC1=C(CC(O)CO)C(CCCC2NC(C)CCCC2CC(=O)O)NC(C(C)(O)C2(c3ccc(O)cc3)CCCC2)CC#Cc2ccccc2CC1. The molecule has 9 atom stereocenters. The predicted molar refractivity (Wildman–Crippen MR) is 241 cm³/mol. The number of phenolic OH excluding ortho intramolecular Hbond substituents is 1. The topological polar surface area (TPSA) is 183 Å². The Morgan fingerprint density at radius 2 is 1.72 bits per heavy atom. The zero-order valence-corrected chi connectivity index (χ0v) is 36.9. The van der Waals surface area contributed by atoms with Crippen molar-refractivity contribution in [1.82, 2.24) is 10.6 Å². The number of aryl methyl sites for hydroxylation is 1. The summed E-state index contributed by atoms with van der Waals surface area (Å²) in [5, 5.41) is 84.8. The fraction of sp³-hybridized carbons (Fsp3) is 0.627. The summed E-state index contributed by atoms with van der Waals surface area (Å²) in [5.41, 5.74) is 2.62. The molecule has 1 saturated carbocycles. The van der Waals surface area contributed by atoms with Gasteiger partial charge in [0, 0.05) is 48.0 Å². The first-order valence-corrected chi connectivity index (χ1v) is 23.2. The molecule has 2 aliphatic heterocycles. The molecule has 336 valence electrons. The standard InChI is InChI=1S/C51H74N2O8/c1-4-5-20-46(57)47(58)29-24-38-23-22-37-15-7-6-14-36(37)16-11-21-48(50(3,61)51(30-8-9-31-51)40-25-27-41(55)28-26-40)53-45(43(38)33-42(56)34-54)19-12-18-44-39(32-49(59)60)17-10-13-35(2)52-44/h6-7,14-15,24-29,35,39,42,44-48,52-58,61H,4-5,8-10,12-13,17-23,30-34H2,1-3H3,(H,59,60). The van der Waals surface area contributed by atoms with E-state index in [9.17, 15) is 40.5 Å². The molecule has 10 heteroatoms. The molecule has 0 aromatic heterocycles. The van der Waals surface area contributed by atoms with Gasteiger partial charge in [-0.1, -0.05) is 99.8 Å². The second kappa shape index (κ2) is 23.2. The molecule has 1 aliphatic carbocycles. The number of rotatable bonds is 18. The molecular formula is C51H74N2O8. The monoisotopic (exact) mass is 843 g/mol. The van der Waals surface area contributed by atoms with Crippen molar-refractivity contribution in [2.75, 3.05) is 6.61 Å². The number of aliphatic hydroxyl groups is 5. The van der Waals surface area contributed by atoms with E-state index < -0.39 is 54.0 Å². The van der Waals surface area contributed by atoms with E-state index in [2.05, 4.69) is 35.5 Å². The van der Waals surface area contributed by atoms with E-state index in [0.29, 0.717) is 38.5 Å². The van der Waals surface area contributed by atoms with Crippen LogP contribution in [0.15, 0.2) is 71.8 Å². The van der Waals surface area contributed by atoms with E-state index in [1.165, 1.54) is 0 Å². The molecule has 0 spiro atoms. The van der Waals surface area contributed by atoms with Crippen molar-refractivity contribution in [3.63, 3.8) is 0 Å². The number of fused-ring (bicyclic) bond motifs is 1. The summed E-state index contributed by atoms with van der Waals surface area (Å²) in [7, 11) is 0. The number of allylic oxidation sites excluding steroid dienone is 2. The number of unbranched alkanes of at least 4 members (excludes halogenated alkanes) is 1. The highest BCUT2D eigenvalue weighted by Gasteiger charge is 2.54. The first kappa shape index (κ1) is 48.5. The molecule has 5 rings (SSSR count). The van der Waals surface area contributed by atoms with Crippen LogP contribution in [-0.4, -0.2) is 96.4 Å². The lowest BCUT2D eigenvalue weighted by Gasteiger charge is -2.49. The molecule has 61 heavy (non-hydrogen) atoms. The zero-order valence-electron chi connectivity index (χ0n) is 36.9. The van der Waals surface area contributed by atoms with Gasteiger partial charge in [-0.2, -0.15) is 0 Å². The Kier molecular flexibility index (Phi) is 18.5. The Bertz CT molecular complexity index is 1810. The Morgan fingerprint density at radius 1 is 0.984 bits per heavy atom. The Labute approximate surface area is 364 Å². The van der Waals surface area contributed by atoms with Gasteiger partial charge in [0.2, 0.25) is 0 Å². The number of nitrogens with one attached hydrogen (secondary N) is 2. The van der Waals surface area contributed by atoms with E-state index >= 15 is 0 Å². The van der Waals surface area contributed by atoms with Crippen molar-refractivity contribution in [2.45, 2.75) is 190 Å². The molecule has 3 aliphatic rings. The molecule has 9 N–H and O–H groups in total. The van der Waals surface area contributed by atoms with Gasteiger partial charge in [-0.15, -0.1) is 0 Å². The van der Waals surface area contributed by atoms with Crippen molar-refractivity contribution < 1.29 is 40.5 Å². The normalized spacial score (nSPS) is 26.1. The number of phenols is 1. The van der Waals surface area contributed by atoms with Crippen molar-refractivity contribution in [2.24, 2.45) is 5.92 Å². The minimum Gasteiger partial charge on any atom is -0.508 e. The highest BCUT2D eigenvalue weighted by Crippen LogP contribution is 2.51. The maximum absolute atomic E-state index is 13.3. The third-order valence-corrected chi connectivity index (χ3v) is 14.1. The quantitative estimate of drug-likeness (QED) is 0.0711. The van der Waals surface area contributed by atoms with Crippen LogP contribution in [0.3, 0.4) is 0 Å². The maximum Gasteiger partial charge on any atom is 0.303 e. The summed E-state index contributed by atoms with van der Waals surface area (Å²) in [6, 6.07) is 14.5. The van der Waals surface area contributed by atoms with Crippen LogP contribution in [0.2, 0.25) is 0 Å². The Balaban J connectivity index is 1.66. The van der Waals surface area contributed by atoms with Crippen molar-refractivity contribution in [3.05, 3.63) is 88.5 Å². The number of carboxylic acid groups (broad SMARTS) is 1. The Morgan fingerprint density at radius 3 is 2.43 bits per heavy atom. The third kappa shape index (κ3) is 13.0. The van der Waals surface area contributed by atoms with Crippen LogP contribution < -0.4 is 10.6 Å². The van der Waals surface area contributed by atoms with Gasteiger partial charge in [0.25, 0.3) is 0 Å². The number of aliphatic hydroxyl groups excluding tert-OH is 4. The molecular weight excluding hydrogens is 769 g/mol. The van der Waals surface area contributed by atoms with E-state index in [1.54, 1.807) is 18.2 Å². The summed E-state index contributed by atoms with van der Waals surface area (Å²) in [6.07, 6.45) is 12.4. The van der Waals surface area contributed by atoms with Crippen molar-refractivity contribution in [1.29, 1.82) is 0 Å².